The van der Waals surface area contributed by atoms with Crippen molar-refractivity contribution in [2.45, 2.75) is 13.8 Å². The van der Waals surface area contributed by atoms with Crippen LogP contribution in [0.3, 0.4) is 0 Å². The zero-order valence-corrected chi connectivity index (χ0v) is 12.1. The molecule has 0 atom stereocenters. The van der Waals surface area contributed by atoms with Gasteiger partial charge in [-0.3, -0.25) is 0 Å². The zero-order valence-electron chi connectivity index (χ0n) is 12.1. The lowest BCUT2D eigenvalue weighted by Gasteiger charge is -2.23. The van der Waals surface area contributed by atoms with Gasteiger partial charge in [0, 0.05) is 29.5 Å². The average molecular weight is 302 g/mol. The Hall–Kier alpha value is -2.99. The molecule has 0 radical (unpaired) electrons. The summed E-state index contributed by atoms with van der Waals surface area (Å²) in [6, 6.07) is 4.31. The van der Waals surface area contributed by atoms with Crippen LogP contribution in [0.4, 0.5) is 11.4 Å². The Morgan fingerprint density at radius 3 is 2.59 bits per heavy atom. The number of hydrogen-bond acceptors (Lipinski definition) is 5. The monoisotopic (exact) mass is 302 g/mol. The topological polar surface area (TPSA) is 120 Å². The van der Waals surface area contributed by atoms with Crippen molar-refractivity contribution in [2.75, 3.05) is 18.0 Å². The van der Waals surface area contributed by atoms with Gasteiger partial charge in [0.1, 0.15) is 11.1 Å². The molecule has 0 bridgehead atoms. The molecule has 22 heavy (non-hydrogen) atoms. The van der Waals surface area contributed by atoms with Crippen molar-refractivity contribution in [1.29, 1.82) is 0 Å². The van der Waals surface area contributed by atoms with Gasteiger partial charge in [-0.25, -0.2) is 9.59 Å². The minimum atomic E-state index is -1.37. The lowest BCUT2D eigenvalue weighted by Crippen LogP contribution is -2.22. The van der Waals surface area contributed by atoms with Gasteiger partial charge in [-0.15, -0.1) is 0 Å². The zero-order chi connectivity index (χ0) is 16.3. The minimum Gasteiger partial charge on any atom is -0.477 e. The van der Waals surface area contributed by atoms with E-state index in [2.05, 4.69) is 10.0 Å². The van der Waals surface area contributed by atoms with Crippen LogP contribution in [0.25, 0.3) is 21.4 Å². The third-order valence-electron chi connectivity index (χ3n) is 3.32. The van der Waals surface area contributed by atoms with E-state index in [0.29, 0.717) is 29.9 Å². The molecule has 0 amide bonds. The summed E-state index contributed by atoms with van der Waals surface area (Å²) in [6.45, 7) is 5.23. The minimum absolute atomic E-state index is 0.244. The maximum atomic E-state index is 11.7. The van der Waals surface area contributed by atoms with Gasteiger partial charge in [0.2, 0.25) is 0 Å². The number of carboxylic acid groups (broad SMARTS) is 1. The number of anilines is 1. The van der Waals surface area contributed by atoms with E-state index in [1.165, 1.54) is 12.1 Å². The van der Waals surface area contributed by atoms with Gasteiger partial charge < -0.3 is 14.4 Å². The van der Waals surface area contributed by atoms with Crippen LogP contribution >= 0.6 is 0 Å². The summed E-state index contributed by atoms with van der Waals surface area (Å²) in [7, 11) is 0. The van der Waals surface area contributed by atoms with E-state index in [9.17, 15) is 9.59 Å². The van der Waals surface area contributed by atoms with Crippen molar-refractivity contribution < 1.29 is 14.3 Å². The second-order valence-corrected chi connectivity index (χ2v) is 4.49. The number of fused-ring (bicyclic) bond motifs is 1. The van der Waals surface area contributed by atoms with Crippen LogP contribution in [-0.2, 0) is 0 Å². The predicted octanol–water partition coefficient (Wildman–Crippen LogP) is 3.28. The van der Waals surface area contributed by atoms with Crippen LogP contribution in [0.2, 0.25) is 0 Å². The van der Waals surface area contributed by atoms with Crippen molar-refractivity contribution in [3.8, 4) is 0 Å². The molecular weight excluding hydrogens is 288 g/mol. The highest BCUT2D eigenvalue weighted by Crippen LogP contribution is 2.33. The molecule has 1 aromatic heterocycles. The van der Waals surface area contributed by atoms with E-state index >= 15 is 0 Å². The predicted molar refractivity (Wildman–Crippen MR) is 81.8 cm³/mol. The molecule has 1 aromatic carbocycles. The van der Waals surface area contributed by atoms with Crippen molar-refractivity contribution in [1.82, 2.24) is 0 Å². The van der Waals surface area contributed by atoms with Gasteiger partial charge in [0.15, 0.2) is 0 Å². The quantitative estimate of drug-likeness (QED) is 0.393. The van der Waals surface area contributed by atoms with E-state index in [1.807, 2.05) is 18.7 Å². The molecule has 2 rings (SSSR count). The van der Waals surface area contributed by atoms with Crippen LogP contribution in [0.1, 0.15) is 24.2 Å². The lowest BCUT2D eigenvalue weighted by atomic mass is 10.1. The molecule has 0 aliphatic rings. The number of hydrogen-bond donors (Lipinski definition) is 1. The number of carbonyl (C=O) groups is 1. The Balaban J connectivity index is 2.79. The fourth-order valence-electron chi connectivity index (χ4n) is 2.24. The maximum absolute atomic E-state index is 11.7. The average Bonchev–Trinajstić information content (AvgIpc) is 2.48. The SMILES string of the molecule is CCN(CC)c1cc2oc(=O)c(C(=O)O)cc2cc1N=[N+]=[N-]. The van der Waals surface area contributed by atoms with Crippen LogP contribution in [0, 0.1) is 0 Å². The van der Waals surface area contributed by atoms with Crippen molar-refractivity contribution >= 4 is 28.3 Å². The smallest absolute Gasteiger partial charge is 0.351 e. The first-order chi connectivity index (χ1) is 10.5. The van der Waals surface area contributed by atoms with Gasteiger partial charge >= 0.3 is 11.6 Å². The Kier molecular flexibility index (Phi) is 4.33. The highest BCUT2D eigenvalue weighted by molar-refractivity contribution is 5.94. The molecule has 8 heteroatoms. The molecule has 0 spiro atoms. The van der Waals surface area contributed by atoms with E-state index < -0.39 is 17.2 Å². The largest absolute Gasteiger partial charge is 0.477 e. The molecular formula is C14H14N4O4. The van der Waals surface area contributed by atoms with E-state index in [4.69, 9.17) is 15.1 Å². The van der Waals surface area contributed by atoms with Crippen molar-refractivity contribution in [2.24, 2.45) is 5.11 Å². The first kappa shape index (κ1) is 15.4. The molecule has 0 fully saturated rings. The number of nitrogens with zero attached hydrogens (tertiary/aromatic N) is 4. The summed E-state index contributed by atoms with van der Waals surface area (Å²) in [5.41, 5.74) is 8.55. The summed E-state index contributed by atoms with van der Waals surface area (Å²) in [4.78, 5) is 27.4. The number of rotatable bonds is 5. The molecule has 114 valence electrons. The Labute approximate surface area is 125 Å². The molecule has 0 aliphatic heterocycles. The third-order valence-corrected chi connectivity index (χ3v) is 3.32. The molecule has 0 saturated heterocycles. The Morgan fingerprint density at radius 2 is 2.05 bits per heavy atom. The first-order valence-electron chi connectivity index (χ1n) is 6.67. The second-order valence-electron chi connectivity index (χ2n) is 4.49. The highest BCUT2D eigenvalue weighted by Gasteiger charge is 2.15. The van der Waals surface area contributed by atoms with Crippen molar-refractivity contribution in [3.05, 3.63) is 44.6 Å². The van der Waals surface area contributed by atoms with Gasteiger partial charge in [-0.05, 0) is 31.5 Å². The summed E-state index contributed by atoms with van der Waals surface area (Å²) < 4.78 is 5.07. The molecule has 0 saturated carbocycles. The van der Waals surface area contributed by atoms with E-state index in [-0.39, 0.29) is 5.58 Å². The fraction of sp³-hybridized carbons (Fsp3) is 0.286. The number of carboxylic acids is 1. The van der Waals surface area contributed by atoms with E-state index in [0.717, 1.165) is 0 Å². The Morgan fingerprint density at radius 1 is 1.36 bits per heavy atom. The molecule has 1 N–H and O–H groups in total. The lowest BCUT2D eigenvalue weighted by molar-refractivity contribution is 0.0692. The van der Waals surface area contributed by atoms with Gasteiger partial charge in [-0.1, -0.05) is 5.11 Å². The molecule has 0 aliphatic carbocycles. The fourth-order valence-corrected chi connectivity index (χ4v) is 2.24. The summed E-state index contributed by atoms with van der Waals surface area (Å²) >= 11 is 0. The number of benzene rings is 1. The van der Waals surface area contributed by atoms with E-state index in [1.54, 1.807) is 6.07 Å². The van der Waals surface area contributed by atoms with Crippen LogP contribution in [-0.4, -0.2) is 24.2 Å². The first-order valence-corrected chi connectivity index (χ1v) is 6.67. The standard InChI is InChI=1S/C14H14N4O4/c1-3-18(4-2)11-7-12-8(6-10(11)16-17-15)5-9(13(19)20)14(21)22-12/h5-7H,3-4H2,1-2H3,(H,19,20). The second kappa shape index (κ2) is 6.19. The van der Waals surface area contributed by atoms with Crippen molar-refractivity contribution in [3.63, 3.8) is 0 Å². The van der Waals surface area contributed by atoms with Crippen LogP contribution < -0.4 is 10.5 Å². The highest BCUT2D eigenvalue weighted by atomic mass is 16.4. The third kappa shape index (κ3) is 2.72. The van der Waals surface area contributed by atoms with Crippen LogP contribution in [0.5, 0.6) is 0 Å². The molecule has 1 heterocycles. The normalized spacial score (nSPS) is 10.3. The molecule has 8 nitrogen and oxygen atoms in total. The Bertz CT molecular complexity index is 833. The molecule has 2 aromatic rings. The number of azide groups is 1. The van der Waals surface area contributed by atoms with Gasteiger partial charge in [0.25, 0.3) is 0 Å². The summed E-state index contributed by atoms with van der Waals surface area (Å²) in [6.07, 6.45) is 0. The number of aromatic carboxylic acids is 1. The van der Waals surface area contributed by atoms with Crippen LogP contribution in [0.15, 0.2) is 32.5 Å². The summed E-state index contributed by atoms with van der Waals surface area (Å²) in [5.74, 6) is -1.37. The molecule has 0 unspecified atom stereocenters. The maximum Gasteiger partial charge on any atom is 0.351 e. The summed E-state index contributed by atoms with van der Waals surface area (Å²) in [5, 5.41) is 13.0. The van der Waals surface area contributed by atoms with Gasteiger partial charge in [0.05, 0.1) is 11.4 Å². The van der Waals surface area contributed by atoms with Gasteiger partial charge in [-0.2, -0.15) is 0 Å².